The number of hydrogen-bond acceptors (Lipinski definition) is 1. The predicted octanol–water partition coefficient (Wildman–Crippen LogP) is 6.49. The lowest BCUT2D eigenvalue weighted by Gasteiger charge is -2.07. The first-order valence-electron chi connectivity index (χ1n) is 6.41. The number of hydrogen-bond donors (Lipinski definition) is 0. The zero-order valence-corrected chi connectivity index (χ0v) is 13.2. The van der Waals surface area contributed by atoms with Gasteiger partial charge in [-0.3, -0.25) is 0 Å². The van der Waals surface area contributed by atoms with Gasteiger partial charge in [0, 0.05) is 19.8 Å². The second kappa shape index (κ2) is 7.23. The van der Waals surface area contributed by atoms with Crippen molar-refractivity contribution in [3.63, 3.8) is 0 Å². The van der Waals surface area contributed by atoms with Crippen molar-refractivity contribution in [3.05, 3.63) is 58.1 Å². The van der Waals surface area contributed by atoms with Gasteiger partial charge >= 0.3 is 0 Å². The summed E-state index contributed by atoms with van der Waals surface area (Å²) in [5, 5.41) is 1.62. The SMILES string of the molecule is CCCCc1ccc(Sc2cccc(Cl)c2)cc1Cl. The molecule has 0 N–H and O–H groups in total. The van der Waals surface area contributed by atoms with Crippen molar-refractivity contribution in [2.75, 3.05) is 0 Å². The van der Waals surface area contributed by atoms with Crippen molar-refractivity contribution in [1.82, 2.24) is 0 Å². The van der Waals surface area contributed by atoms with Crippen LogP contribution in [-0.4, -0.2) is 0 Å². The molecule has 0 bridgehead atoms. The van der Waals surface area contributed by atoms with Crippen molar-refractivity contribution >= 4 is 35.0 Å². The molecule has 2 aromatic carbocycles. The lowest BCUT2D eigenvalue weighted by Crippen LogP contribution is -1.86. The van der Waals surface area contributed by atoms with Gasteiger partial charge in [-0.05, 0) is 48.7 Å². The Morgan fingerprint density at radius 1 is 1.00 bits per heavy atom. The molecular formula is C16H16Cl2S. The summed E-state index contributed by atoms with van der Waals surface area (Å²) in [6, 6.07) is 14.2. The Bertz CT molecular complexity index is 552. The number of aryl methyl sites for hydroxylation is 1. The molecule has 0 radical (unpaired) electrons. The third-order valence-corrected chi connectivity index (χ3v) is 4.42. The van der Waals surface area contributed by atoms with Gasteiger partial charge in [-0.25, -0.2) is 0 Å². The molecule has 0 atom stereocenters. The van der Waals surface area contributed by atoms with Crippen LogP contribution < -0.4 is 0 Å². The first-order chi connectivity index (χ1) is 9.19. The van der Waals surface area contributed by atoms with Gasteiger partial charge in [-0.2, -0.15) is 0 Å². The van der Waals surface area contributed by atoms with Crippen molar-refractivity contribution in [2.45, 2.75) is 36.0 Å². The van der Waals surface area contributed by atoms with E-state index in [2.05, 4.69) is 25.1 Å². The number of unbranched alkanes of at least 4 members (excludes halogenated alkanes) is 1. The van der Waals surface area contributed by atoms with Crippen molar-refractivity contribution in [2.24, 2.45) is 0 Å². The molecule has 0 amide bonds. The second-order valence-corrected chi connectivity index (χ2v) is 6.41. The minimum Gasteiger partial charge on any atom is -0.0900 e. The lowest BCUT2D eigenvalue weighted by molar-refractivity contribution is 0.794. The molecule has 0 aliphatic heterocycles. The Morgan fingerprint density at radius 2 is 1.79 bits per heavy atom. The third-order valence-electron chi connectivity index (χ3n) is 2.86. The quantitative estimate of drug-likeness (QED) is 0.608. The molecule has 0 saturated carbocycles. The van der Waals surface area contributed by atoms with E-state index in [0.717, 1.165) is 26.3 Å². The second-order valence-electron chi connectivity index (χ2n) is 4.42. The standard InChI is InChI=1S/C16H16Cl2S/c1-2-3-5-12-8-9-15(11-16(12)18)19-14-7-4-6-13(17)10-14/h4,6-11H,2-3,5H2,1H3. The topological polar surface area (TPSA) is 0 Å². The van der Waals surface area contributed by atoms with Crippen LogP contribution in [0.4, 0.5) is 0 Å². The Morgan fingerprint density at radius 3 is 2.47 bits per heavy atom. The molecular weight excluding hydrogens is 295 g/mol. The van der Waals surface area contributed by atoms with Crippen LogP contribution in [0.1, 0.15) is 25.3 Å². The number of rotatable bonds is 5. The fourth-order valence-electron chi connectivity index (χ4n) is 1.83. The summed E-state index contributed by atoms with van der Waals surface area (Å²) in [7, 11) is 0. The molecule has 0 saturated heterocycles. The zero-order valence-electron chi connectivity index (χ0n) is 10.8. The van der Waals surface area contributed by atoms with Crippen LogP contribution in [0.2, 0.25) is 10.0 Å². The van der Waals surface area contributed by atoms with Crippen LogP contribution in [0.15, 0.2) is 52.3 Å². The molecule has 0 unspecified atom stereocenters. The van der Waals surface area contributed by atoms with Gasteiger partial charge in [0.15, 0.2) is 0 Å². The average molecular weight is 311 g/mol. The van der Waals surface area contributed by atoms with E-state index in [4.69, 9.17) is 23.2 Å². The molecule has 0 nitrogen and oxygen atoms in total. The van der Waals surface area contributed by atoms with Gasteiger partial charge in [-0.1, -0.05) is 60.4 Å². The smallest absolute Gasteiger partial charge is 0.0449 e. The Hall–Kier alpha value is -0.630. The third kappa shape index (κ3) is 4.45. The molecule has 2 rings (SSSR count). The van der Waals surface area contributed by atoms with Crippen LogP contribution in [-0.2, 0) is 6.42 Å². The normalized spacial score (nSPS) is 10.7. The van der Waals surface area contributed by atoms with Gasteiger partial charge in [-0.15, -0.1) is 0 Å². The Labute approximate surface area is 129 Å². The maximum Gasteiger partial charge on any atom is 0.0449 e. The first-order valence-corrected chi connectivity index (χ1v) is 7.98. The zero-order chi connectivity index (χ0) is 13.7. The lowest BCUT2D eigenvalue weighted by atomic mass is 10.1. The Balaban J connectivity index is 2.11. The van der Waals surface area contributed by atoms with Gasteiger partial charge in [0.25, 0.3) is 0 Å². The summed E-state index contributed by atoms with van der Waals surface area (Å²) in [6.07, 6.45) is 3.42. The highest BCUT2D eigenvalue weighted by Crippen LogP contribution is 2.32. The van der Waals surface area contributed by atoms with E-state index in [9.17, 15) is 0 Å². The van der Waals surface area contributed by atoms with Gasteiger partial charge in [0.2, 0.25) is 0 Å². The molecule has 0 heterocycles. The van der Waals surface area contributed by atoms with Crippen LogP contribution in [0.3, 0.4) is 0 Å². The van der Waals surface area contributed by atoms with E-state index >= 15 is 0 Å². The fraction of sp³-hybridized carbons (Fsp3) is 0.250. The van der Waals surface area contributed by atoms with E-state index in [-0.39, 0.29) is 0 Å². The highest BCUT2D eigenvalue weighted by atomic mass is 35.5. The fourth-order valence-corrected chi connectivity index (χ4v) is 3.34. The van der Waals surface area contributed by atoms with Crippen LogP contribution in [0.25, 0.3) is 0 Å². The van der Waals surface area contributed by atoms with Crippen molar-refractivity contribution in [1.29, 1.82) is 0 Å². The average Bonchev–Trinajstić information content (AvgIpc) is 2.38. The van der Waals surface area contributed by atoms with E-state index in [0.29, 0.717) is 0 Å². The number of halogens is 2. The van der Waals surface area contributed by atoms with Gasteiger partial charge in [0.1, 0.15) is 0 Å². The monoisotopic (exact) mass is 310 g/mol. The minimum absolute atomic E-state index is 0.760. The molecule has 0 aliphatic rings. The molecule has 2 aromatic rings. The molecule has 0 aromatic heterocycles. The Kier molecular flexibility index (Phi) is 5.62. The molecule has 19 heavy (non-hydrogen) atoms. The summed E-state index contributed by atoms with van der Waals surface area (Å²) >= 11 is 14.0. The summed E-state index contributed by atoms with van der Waals surface area (Å²) in [4.78, 5) is 2.28. The maximum absolute atomic E-state index is 6.32. The van der Waals surface area contributed by atoms with Crippen molar-refractivity contribution in [3.8, 4) is 0 Å². The molecule has 100 valence electrons. The van der Waals surface area contributed by atoms with Crippen LogP contribution in [0, 0.1) is 0 Å². The molecule has 0 fully saturated rings. The largest absolute Gasteiger partial charge is 0.0900 e. The van der Waals surface area contributed by atoms with Gasteiger partial charge < -0.3 is 0 Å². The molecule has 0 spiro atoms. The minimum atomic E-state index is 0.760. The summed E-state index contributed by atoms with van der Waals surface area (Å²) < 4.78 is 0. The van der Waals surface area contributed by atoms with E-state index < -0.39 is 0 Å². The number of benzene rings is 2. The highest BCUT2D eigenvalue weighted by molar-refractivity contribution is 7.99. The summed E-state index contributed by atoms with van der Waals surface area (Å²) in [5.74, 6) is 0. The van der Waals surface area contributed by atoms with E-state index in [1.165, 1.54) is 18.4 Å². The first kappa shape index (κ1) is 14.8. The molecule has 0 aliphatic carbocycles. The van der Waals surface area contributed by atoms with Crippen molar-refractivity contribution < 1.29 is 0 Å². The summed E-state index contributed by atoms with van der Waals surface area (Å²) in [5.41, 5.74) is 1.24. The molecule has 3 heteroatoms. The predicted molar refractivity (Wildman–Crippen MR) is 85.6 cm³/mol. The van der Waals surface area contributed by atoms with Crippen LogP contribution in [0.5, 0.6) is 0 Å². The van der Waals surface area contributed by atoms with E-state index in [1.807, 2.05) is 24.3 Å². The maximum atomic E-state index is 6.32. The highest BCUT2D eigenvalue weighted by Gasteiger charge is 2.04. The van der Waals surface area contributed by atoms with Crippen LogP contribution >= 0.6 is 35.0 Å². The van der Waals surface area contributed by atoms with E-state index in [1.54, 1.807) is 11.8 Å². The summed E-state index contributed by atoms with van der Waals surface area (Å²) in [6.45, 7) is 2.19. The van der Waals surface area contributed by atoms with Gasteiger partial charge in [0.05, 0.1) is 0 Å².